The summed E-state index contributed by atoms with van der Waals surface area (Å²) in [7, 11) is 0. The molecule has 1 heterocycles. The van der Waals surface area contributed by atoms with E-state index in [9.17, 15) is 9.59 Å². The third-order valence-corrected chi connectivity index (χ3v) is 3.83. The highest BCUT2D eigenvalue weighted by atomic mass is 16.6. The average molecular weight is 256 g/mol. The third-order valence-electron chi connectivity index (χ3n) is 3.83. The largest absolute Gasteiger partial charge is 0.457 e. The zero-order valence-electron chi connectivity index (χ0n) is 12.4. The van der Waals surface area contributed by atoms with Gasteiger partial charge in [-0.05, 0) is 48.0 Å². The molecule has 1 aliphatic rings. The molecule has 0 radical (unpaired) electrons. The maximum absolute atomic E-state index is 12.1. The van der Waals surface area contributed by atoms with E-state index in [1.54, 1.807) is 27.7 Å². The minimum Gasteiger partial charge on any atom is -0.457 e. The van der Waals surface area contributed by atoms with Gasteiger partial charge in [0.05, 0.1) is 5.41 Å². The molecule has 0 aliphatic carbocycles. The summed E-state index contributed by atoms with van der Waals surface area (Å²) in [5.41, 5.74) is -2.12. The van der Waals surface area contributed by atoms with Crippen molar-refractivity contribution < 1.29 is 19.1 Å². The van der Waals surface area contributed by atoms with Crippen LogP contribution in [-0.4, -0.2) is 23.6 Å². The first kappa shape index (κ1) is 15.0. The Labute approximate surface area is 109 Å². The molecule has 104 valence electrons. The molecule has 0 aromatic heterocycles. The molecule has 18 heavy (non-hydrogen) atoms. The topological polar surface area (TPSA) is 52.6 Å². The smallest absolute Gasteiger partial charge is 0.316 e. The second kappa shape index (κ2) is 4.25. The first-order valence-electron chi connectivity index (χ1n) is 6.39. The Hall–Kier alpha value is -1.06. The van der Waals surface area contributed by atoms with Crippen molar-refractivity contribution in [3.63, 3.8) is 0 Å². The molecule has 0 amide bonds. The molecule has 1 fully saturated rings. The standard InChI is InChI=1S/C14H24O4/c1-8-12(2,3)10(15)17-9-13(4,5)11(16)18-14(9,6)7/h9H,8H2,1-7H3. The molecule has 0 bridgehead atoms. The number of ether oxygens (including phenoxy) is 2. The van der Waals surface area contributed by atoms with Crippen LogP contribution in [0.2, 0.25) is 0 Å². The number of rotatable bonds is 3. The number of cyclic esters (lactones) is 1. The van der Waals surface area contributed by atoms with Gasteiger partial charge >= 0.3 is 11.9 Å². The van der Waals surface area contributed by atoms with Crippen molar-refractivity contribution in [2.75, 3.05) is 0 Å². The van der Waals surface area contributed by atoms with Gasteiger partial charge in [-0.3, -0.25) is 9.59 Å². The van der Waals surface area contributed by atoms with Crippen LogP contribution >= 0.6 is 0 Å². The maximum atomic E-state index is 12.1. The Morgan fingerprint density at radius 1 is 1.33 bits per heavy atom. The Kier molecular flexibility index (Phi) is 3.54. The summed E-state index contributed by atoms with van der Waals surface area (Å²) >= 11 is 0. The van der Waals surface area contributed by atoms with Gasteiger partial charge in [-0.1, -0.05) is 6.92 Å². The second-order valence-electron chi connectivity index (χ2n) is 6.74. The number of esters is 2. The lowest BCUT2D eigenvalue weighted by molar-refractivity contribution is -0.171. The Morgan fingerprint density at radius 2 is 1.83 bits per heavy atom. The highest BCUT2D eigenvalue weighted by molar-refractivity contribution is 5.82. The van der Waals surface area contributed by atoms with Crippen molar-refractivity contribution >= 4 is 11.9 Å². The molecule has 0 N–H and O–H groups in total. The molecule has 1 atom stereocenters. The summed E-state index contributed by atoms with van der Waals surface area (Å²) in [5, 5.41) is 0. The van der Waals surface area contributed by atoms with Crippen LogP contribution in [0.5, 0.6) is 0 Å². The minimum absolute atomic E-state index is 0.283. The molecular weight excluding hydrogens is 232 g/mol. The lowest BCUT2D eigenvalue weighted by Gasteiger charge is -2.32. The van der Waals surface area contributed by atoms with Gasteiger partial charge in [0.15, 0.2) is 6.10 Å². The summed E-state index contributed by atoms with van der Waals surface area (Å²) in [6.07, 6.45) is 0.129. The van der Waals surface area contributed by atoms with Gasteiger partial charge < -0.3 is 9.47 Å². The van der Waals surface area contributed by atoms with E-state index in [0.29, 0.717) is 6.42 Å². The first-order valence-corrected chi connectivity index (χ1v) is 6.39. The highest BCUT2D eigenvalue weighted by Crippen LogP contribution is 2.43. The monoisotopic (exact) mass is 256 g/mol. The van der Waals surface area contributed by atoms with Gasteiger partial charge in [-0.15, -0.1) is 0 Å². The van der Waals surface area contributed by atoms with Gasteiger partial charge in [0.2, 0.25) is 0 Å². The van der Waals surface area contributed by atoms with Crippen molar-refractivity contribution in [2.24, 2.45) is 10.8 Å². The zero-order valence-corrected chi connectivity index (χ0v) is 12.4. The van der Waals surface area contributed by atoms with E-state index in [1.807, 2.05) is 20.8 Å². The molecule has 0 aromatic rings. The van der Waals surface area contributed by atoms with Gasteiger partial charge in [-0.25, -0.2) is 0 Å². The lowest BCUT2D eigenvalue weighted by atomic mass is 9.81. The van der Waals surface area contributed by atoms with Crippen LogP contribution in [0, 0.1) is 10.8 Å². The Bertz CT molecular complexity index is 366. The molecular formula is C14H24O4. The fourth-order valence-corrected chi connectivity index (χ4v) is 2.10. The summed E-state index contributed by atoms with van der Waals surface area (Å²) in [6, 6.07) is 0. The Balaban J connectivity index is 2.96. The van der Waals surface area contributed by atoms with E-state index in [2.05, 4.69) is 0 Å². The average Bonchev–Trinajstić information content (AvgIpc) is 2.37. The molecule has 0 aromatic carbocycles. The van der Waals surface area contributed by atoms with Crippen LogP contribution in [0.4, 0.5) is 0 Å². The first-order chi connectivity index (χ1) is 7.95. The van der Waals surface area contributed by atoms with E-state index in [0.717, 1.165) is 0 Å². The normalized spacial score (nSPS) is 25.7. The molecule has 1 rings (SSSR count). The summed E-state index contributed by atoms with van der Waals surface area (Å²) in [6.45, 7) is 12.7. The Morgan fingerprint density at radius 3 is 2.17 bits per heavy atom. The van der Waals surface area contributed by atoms with E-state index in [4.69, 9.17) is 9.47 Å². The fraction of sp³-hybridized carbons (Fsp3) is 0.857. The maximum Gasteiger partial charge on any atom is 0.316 e. The van der Waals surface area contributed by atoms with Crippen LogP contribution in [0.15, 0.2) is 0 Å². The van der Waals surface area contributed by atoms with Crippen LogP contribution in [-0.2, 0) is 19.1 Å². The summed E-state index contributed by atoms with van der Waals surface area (Å²) in [5.74, 6) is -0.603. The van der Waals surface area contributed by atoms with Crippen molar-refractivity contribution in [3.05, 3.63) is 0 Å². The van der Waals surface area contributed by atoms with Crippen LogP contribution in [0.1, 0.15) is 54.9 Å². The van der Waals surface area contributed by atoms with Crippen LogP contribution in [0.3, 0.4) is 0 Å². The highest BCUT2D eigenvalue weighted by Gasteiger charge is 2.58. The van der Waals surface area contributed by atoms with Gasteiger partial charge in [-0.2, -0.15) is 0 Å². The number of hydrogen-bond acceptors (Lipinski definition) is 4. The molecule has 1 aliphatic heterocycles. The van der Waals surface area contributed by atoms with Gasteiger partial charge in [0, 0.05) is 0 Å². The van der Waals surface area contributed by atoms with E-state index in [-0.39, 0.29) is 11.9 Å². The molecule has 0 saturated carbocycles. The number of carbonyl (C=O) groups excluding carboxylic acids is 2. The van der Waals surface area contributed by atoms with Gasteiger partial charge in [0.25, 0.3) is 0 Å². The molecule has 0 spiro atoms. The van der Waals surface area contributed by atoms with Crippen LogP contribution in [0.25, 0.3) is 0 Å². The number of hydrogen-bond donors (Lipinski definition) is 0. The second-order valence-corrected chi connectivity index (χ2v) is 6.74. The predicted molar refractivity (Wildman–Crippen MR) is 67.9 cm³/mol. The fourth-order valence-electron chi connectivity index (χ4n) is 2.10. The van der Waals surface area contributed by atoms with Gasteiger partial charge in [0.1, 0.15) is 11.0 Å². The van der Waals surface area contributed by atoms with Crippen molar-refractivity contribution in [3.8, 4) is 0 Å². The molecule has 1 unspecified atom stereocenters. The van der Waals surface area contributed by atoms with E-state index < -0.39 is 22.5 Å². The van der Waals surface area contributed by atoms with Crippen molar-refractivity contribution in [1.29, 1.82) is 0 Å². The quantitative estimate of drug-likeness (QED) is 0.728. The third kappa shape index (κ3) is 2.38. The van der Waals surface area contributed by atoms with Crippen LogP contribution < -0.4 is 0 Å². The summed E-state index contributed by atoms with van der Waals surface area (Å²) in [4.78, 5) is 24.0. The predicted octanol–water partition coefficient (Wildman–Crippen LogP) is 2.70. The number of carbonyl (C=O) groups is 2. The zero-order chi connectivity index (χ0) is 14.4. The lowest BCUT2D eigenvalue weighted by Crippen LogP contribution is -2.45. The van der Waals surface area contributed by atoms with Crippen molar-refractivity contribution in [2.45, 2.75) is 66.6 Å². The van der Waals surface area contributed by atoms with E-state index >= 15 is 0 Å². The van der Waals surface area contributed by atoms with E-state index in [1.165, 1.54) is 0 Å². The minimum atomic E-state index is -0.803. The molecule has 4 heteroatoms. The molecule has 4 nitrogen and oxygen atoms in total. The van der Waals surface area contributed by atoms with Crippen molar-refractivity contribution in [1.82, 2.24) is 0 Å². The SMILES string of the molecule is CCC(C)(C)C(=O)OC1C(C)(C)OC(=O)C1(C)C. The molecule has 1 saturated heterocycles. The summed E-state index contributed by atoms with van der Waals surface area (Å²) < 4.78 is 10.9.